The molecule has 146 valence electrons. The van der Waals surface area contributed by atoms with Gasteiger partial charge in [0.15, 0.2) is 11.3 Å². The summed E-state index contributed by atoms with van der Waals surface area (Å²) in [7, 11) is 0. The lowest BCUT2D eigenvalue weighted by Gasteiger charge is -2.12. The highest BCUT2D eigenvalue weighted by molar-refractivity contribution is 5.77. The SMILES string of the molecule is CC(C)OCCn1cnc(-c2ccc(F)cc2)c1-c1ccc2ncc(C#N)n2n1. The Balaban J connectivity index is 1.83. The van der Waals surface area contributed by atoms with Crippen molar-refractivity contribution in [3.8, 4) is 28.7 Å². The van der Waals surface area contributed by atoms with Crippen LogP contribution in [0.1, 0.15) is 19.5 Å². The number of halogens is 1. The van der Waals surface area contributed by atoms with Crippen LogP contribution >= 0.6 is 0 Å². The Morgan fingerprint density at radius 1 is 1.14 bits per heavy atom. The molecular weight excluding hydrogens is 371 g/mol. The molecule has 0 bridgehead atoms. The van der Waals surface area contributed by atoms with Crippen molar-refractivity contribution in [1.82, 2.24) is 24.1 Å². The van der Waals surface area contributed by atoms with E-state index in [2.05, 4.69) is 21.1 Å². The highest BCUT2D eigenvalue weighted by Crippen LogP contribution is 2.30. The summed E-state index contributed by atoms with van der Waals surface area (Å²) in [4.78, 5) is 8.74. The average Bonchev–Trinajstić information content (AvgIpc) is 3.31. The van der Waals surface area contributed by atoms with Gasteiger partial charge in [0.2, 0.25) is 0 Å². The predicted octanol–water partition coefficient (Wildman–Crippen LogP) is 3.70. The Bertz CT molecular complexity index is 1190. The van der Waals surface area contributed by atoms with Gasteiger partial charge in [-0.3, -0.25) is 0 Å². The third-order valence-corrected chi connectivity index (χ3v) is 4.46. The van der Waals surface area contributed by atoms with Gasteiger partial charge in [-0.05, 0) is 50.2 Å². The molecule has 8 heteroatoms. The Hall–Kier alpha value is -3.57. The van der Waals surface area contributed by atoms with Crippen LogP contribution in [0.2, 0.25) is 0 Å². The lowest BCUT2D eigenvalue weighted by Crippen LogP contribution is -2.11. The number of hydrogen-bond donors (Lipinski definition) is 0. The summed E-state index contributed by atoms with van der Waals surface area (Å²) in [5.74, 6) is -0.309. The summed E-state index contributed by atoms with van der Waals surface area (Å²) < 4.78 is 22.5. The highest BCUT2D eigenvalue weighted by atomic mass is 19.1. The molecule has 0 radical (unpaired) electrons. The van der Waals surface area contributed by atoms with Crippen LogP contribution in [0.15, 0.2) is 48.9 Å². The van der Waals surface area contributed by atoms with Crippen LogP contribution in [0.4, 0.5) is 4.39 Å². The van der Waals surface area contributed by atoms with Gasteiger partial charge in [-0.2, -0.15) is 10.4 Å². The van der Waals surface area contributed by atoms with Gasteiger partial charge < -0.3 is 9.30 Å². The number of nitriles is 1. The largest absolute Gasteiger partial charge is 0.377 e. The first kappa shape index (κ1) is 18.8. The van der Waals surface area contributed by atoms with Crippen molar-refractivity contribution in [3.63, 3.8) is 0 Å². The van der Waals surface area contributed by atoms with E-state index >= 15 is 0 Å². The number of fused-ring (bicyclic) bond motifs is 1. The van der Waals surface area contributed by atoms with Crippen LogP contribution < -0.4 is 0 Å². The summed E-state index contributed by atoms with van der Waals surface area (Å²) in [6.45, 7) is 5.06. The maximum atomic E-state index is 13.4. The van der Waals surface area contributed by atoms with Crippen molar-refractivity contribution in [2.24, 2.45) is 0 Å². The molecule has 0 aliphatic rings. The predicted molar refractivity (Wildman–Crippen MR) is 105 cm³/mol. The van der Waals surface area contributed by atoms with E-state index in [0.29, 0.717) is 35.9 Å². The van der Waals surface area contributed by atoms with Crippen molar-refractivity contribution in [3.05, 3.63) is 60.4 Å². The van der Waals surface area contributed by atoms with Gasteiger partial charge in [0.1, 0.15) is 17.6 Å². The summed E-state index contributed by atoms with van der Waals surface area (Å²) in [6, 6.07) is 11.9. The van der Waals surface area contributed by atoms with Gasteiger partial charge in [-0.25, -0.2) is 18.9 Å². The fourth-order valence-corrected chi connectivity index (χ4v) is 3.10. The molecular formula is C21H19FN6O. The van der Waals surface area contributed by atoms with Crippen LogP contribution in [-0.2, 0) is 11.3 Å². The van der Waals surface area contributed by atoms with Gasteiger partial charge in [0, 0.05) is 12.1 Å². The molecule has 4 rings (SSSR count). The number of ether oxygens (including phenoxy) is 1. The Kier molecular flexibility index (Phi) is 5.06. The Labute approximate surface area is 167 Å². The molecule has 0 spiro atoms. The normalized spacial score (nSPS) is 11.3. The number of nitrogens with zero attached hydrogens (tertiary/aromatic N) is 6. The van der Waals surface area contributed by atoms with Crippen LogP contribution in [0.5, 0.6) is 0 Å². The third kappa shape index (κ3) is 3.73. The molecule has 29 heavy (non-hydrogen) atoms. The molecule has 0 saturated carbocycles. The van der Waals surface area contributed by atoms with Crippen molar-refractivity contribution >= 4 is 5.65 Å². The Morgan fingerprint density at radius 3 is 2.66 bits per heavy atom. The zero-order valence-electron chi connectivity index (χ0n) is 16.1. The lowest BCUT2D eigenvalue weighted by atomic mass is 10.1. The number of benzene rings is 1. The van der Waals surface area contributed by atoms with Crippen molar-refractivity contribution in [2.45, 2.75) is 26.5 Å². The fourth-order valence-electron chi connectivity index (χ4n) is 3.10. The molecule has 0 aliphatic carbocycles. The lowest BCUT2D eigenvalue weighted by molar-refractivity contribution is 0.0729. The van der Waals surface area contributed by atoms with Crippen LogP contribution in [0.25, 0.3) is 28.3 Å². The maximum Gasteiger partial charge on any atom is 0.162 e. The first-order chi connectivity index (χ1) is 14.1. The van der Waals surface area contributed by atoms with Crippen molar-refractivity contribution < 1.29 is 9.13 Å². The maximum absolute atomic E-state index is 13.4. The van der Waals surface area contributed by atoms with E-state index in [1.54, 1.807) is 24.5 Å². The minimum Gasteiger partial charge on any atom is -0.377 e. The molecule has 0 fully saturated rings. The topological polar surface area (TPSA) is 81.0 Å². The van der Waals surface area contributed by atoms with Crippen LogP contribution in [-0.4, -0.2) is 36.9 Å². The second-order valence-electron chi connectivity index (χ2n) is 6.81. The van der Waals surface area contributed by atoms with E-state index in [0.717, 1.165) is 11.3 Å². The molecule has 0 N–H and O–H groups in total. The monoisotopic (exact) mass is 390 g/mol. The zero-order chi connectivity index (χ0) is 20.4. The fraction of sp³-hybridized carbons (Fsp3) is 0.238. The van der Waals surface area contributed by atoms with Crippen LogP contribution in [0, 0.1) is 17.1 Å². The zero-order valence-corrected chi connectivity index (χ0v) is 16.1. The molecule has 0 aliphatic heterocycles. The quantitative estimate of drug-likeness (QED) is 0.501. The van der Waals surface area contributed by atoms with Crippen molar-refractivity contribution in [2.75, 3.05) is 6.61 Å². The minimum atomic E-state index is -0.309. The molecule has 4 aromatic rings. The number of aromatic nitrogens is 5. The molecule has 0 amide bonds. The minimum absolute atomic E-state index is 0.122. The van der Waals surface area contributed by atoms with Gasteiger partial charge in [-0.15, -0.1) is 0 Å². The van der Waals surface area contributed by atoms with Gasteiger partial charge in [0.25, 0.3) is 0 Å². The standard InChI is InChI=1S/C21H19FN6O/c1-14(2)29-10-9-27-13-25-20(15-3-5-16(22)6-4-15)21(27)18-7-8-19-24-12-17(11-23)28(19)26-18/h3-8,12-14H,9-10H2,1-2H3. The molecule has 0 saturated heterocycles. The number of imidazole rings is 2. The number of rotatable bonds is 6. The van der Waals surface area contributed by atoms with Gasteiger partial charge in [0.05, 0.1) is 36.6 Å². The molecule has 0 atom stereocenters. The van der Waals surface area contributed by atoms with Gasteiger partial charge in [-0.1, -0.05) is 0 Å². The first-order valence-electron chi connectivity index (χ1n) is 9.24. The van der Waals surface area contributed by atoms with E-state index in [1.807, 2.05) is 24.5 Å². The second-order valence-corrected chi connectivity index (χ2v) is 6.81. The third-order valence-electron chi connectivity index (χ3n) is 4.46. The van der Waals surface area contributed by atoms with Crippen LogP contribution in [0.3, 0.4) is 0 Å². The van der Waals surface area contributed by atoms with E-state index in [-0.39, 0.29) is 11.9 Å². The molecule has 3 heterocycles. The summed E-state index contributed by atoms with van der Waals surface area (Å²) in [5, 5.41) is 13.9. The van der Waals surface area contributed by atoms with E-state index in [1.165, 1.54) is 22.8 Å². The molecule has 7 nitrogen and oxygen atoms in total. The number of hydrogen-bond acceptors (Lipinski definition) is 5. The van der Waals surface area contributed by atoms with Crippen molar-refractivity contribution in [1.29, 1.82) is 5.26 Å². The summed E-state index contributed by atoms with van der Waals surface area (Å²) in [5.41, 5.74) is 3.79. The van der Waals surface area contributed by atoms with E-state index < -0.39 is 0 Å². The average molecular weight is 390 g/mol. The molecule has 3 aromatic heterocycles. The Morgan fingerprint density at radius 2 is 1.93 bits per heavy atom. The smallest absolute Gasteiger partial charge is 0.162 e. The first-order valence-corrected chi connectivity index (χ1v) is 9.24. The van der Waals surface area contributed by atoms with Gasteiger partial charge >= 0.3 is 0 Å². The summed E-state index contributed by atoms with van der Waals surface area (Å²) in [6.07, 6.45) is 3.33. The van der Waals surface area contributed by atoms with E-state index in [4.69, 9.17) is 4.74 Å². The highest BCUT2D eigenvalue weighted by Gasteiger charge is 2.18. The molecule has 1 aromatic carbocycles. The molecule has 0 unspecified atom stereocenters. The van der Waals surface area contributed by atoms with E-state index in [9.17, 15) is 9.65 Å². The second kappa shape index (κ2) is 7.81. The summed E-state index contributed by atoms with van der Waals surface area (Å²) >= 11 is 0.